The van der Waals surface area contributed by atoms with Crippen molar-refractivity contribution in [2.24, 2.45) is 0 Å². The fourth-order valence-electron chi connectivity index (χ4n) is 2.13. The van der Waals surface area contributed by atoms with Crippen LogP contribution in [-0.4, -0.2) is 46.0 Å². The number of amides is 1. The summed E-state index contributed by atoms with van der Waals surface area (Å²) in [6.45, 7) is 0. The van der Waals surface area contributed by atoms with Crippen molar-refractivity contribution in [3.05, 3.63) is 42.6 Å². The van der Waals surface area contributed by atoms with Crippen molar-refractivity contribution in [3.63, 3.8) is 0 Å². The zero-order valence-electron chi connectivity index (χ0n) is 14.2. The Kier molecular flexibility index (Phi) is 5.69. The number of aromatic amines is 1. The van der Waals surface area contributed by atoms with Crippen LogP contribution in [0.15, 0.2) is 47.8 Å². The molecule has 0 saturated heterocycles. The van der Waals surface area contributed by atoms with E-state index in [-0.39, 0.29) is 11.7 Å². The highest BCUT2D eigenvalue weighted by Crippen LogP contribution is 2.28. The first-order valence-corrected chi connectivity index (χ1v) is 8.66. The highest BCUT2D eigenvalue weighted by Gasteiger charge is 2.11. The molecule has 1 amide bonds. The SMILES string of the molecule is COc1cc(OC)cc(-c2nc(SCC(=O)Nc3ccccn3)n[nH]2)c1. The molecule has 3 rings (SSSR count). The van der Waals surface area contributed by atoms with E-state index in [4.69, 9.17) is 9.47 Å². The standard InChI is InChI=1S/C17H17N5O3S/c1-24-12-7-11(8-13(9-12)25-2)16-20-17(22-21-16)26-10-15(23)19-14-5-3-4-6-18-14/h3-9H,10H2,1-2H3,(H,18,19,23)(H,20,21,22). The van der Waals surface area contributed by atoms with E-state index >= 15 is 0 Å². The Morgan fingerprint density at radius 2 is 1.96 bits per heavy atom. The second kappa shape index (κ2) is 8.34. The van der Waals surface area contributed by atoms with Crippen LogP contribution in [-0.2, 0) is 4.79 Å². The van der Waals surface area contributed by atoms with E-state index in [1.54, 1.807) is 44.7 Å². The normalized spacial score (nSPS) is 10.4. The molecular formula is C17H17N5O3S. The monoisotopic (exact) mass is 371 g/mol. The van der Waals surface area contributed by atoms with Gasteiger partial charge in [0.1, 0.15) is 17.3 Å². The molecule has 134 valence electrons. The van der Waals surface area contributed by atoms with E-state index < -0.39 is 0 Å². The van der Waals surface area contributed by atoms with Crippen molar-refractivity contribution >= 4 is 23.5 Å². The van der Waals surface area contributed by atoms with Crippen LogP contribution < -0.4 is 14.8 Å². The molecule has 0 aliphatic heterocycles. The van der Waals surface area contributed by atoms with Crippen LogP contribution in [0.25, 0.3) is 11.4 Å². The molecule has 26 heavy (non-hydrogen) atoms. The summed E-state index contributed by atoms with van der Waals surface area (Å²) in [5.41, 5.74) is 0.776. The van der Waals surface area contributed by atoms with Crippen molar-refractivity contribution in [2.75, 3.05) is 25.3 Å². The Morgan fingerprint density at radius 3 is 2.62 bits per heavy atom. The van der Waals surface area contributed by atoms with Crippen molar-refractivity contribution in [2.45, 2.75) is 5.16 Å². The molecule has 9 heteroatoms. The van der Waals surface area contributed by atoms with Gasteiger partial charge < -0.3 is 14.8 Å². The van der Waals surface area contributed by atoms with Gasteiger partial charge in [0, 0.05) is 17.8 Å². The third-order valence-electron chi connectivity index (χ3n) is 3.35. The van der Waals surface area contributed by atoms with Crippen molar-refractivity contribution in [1.82, 2.24) is 20.2 Å². The average molecular weight is 371 g/mol. The smallest absolute Gasteiger partial charge is 0.236 e. The summed E-state index contributed by atoms with van der Waals surface area (Å²) in [5, 5.41) is 10.2. The first-order valence-electron chi connectivity index (χ1n) is 7.67. The molecule has 0 saturated carbocycles. The maximum absolute atomic E-state index is 12.0. The number of thioether (sulfide) groups is 1. The lowest BCUT2D eigenvalue weighted by molar-refractivity contribution is -0.113. The molecule has 0 aliphatic carbocycles. The van der Waals surface area contributed by atoms with Gasteiger partial charge in [-0.3, -0.25) is 9.89 Å². The van der Waals surface area contributed by atoms with E-state index in [2.05, 4.69) is 25.5 Å². The van der Waals surface area contributed by atoms with Crippen molar-refractivity contribution in [1.29, 1.82) is 0 Å². The van der Waals surface area contributed by atoms with E-state index in [1.165, 1.54) is 11.8 Å². The fourth-order valence-corrected chi connectivity index (χ4v) is 2.73. The number of aromatic nitrogens is 4. The molecule has 1 aromatic carbocycles. The number of nitrogens with one attached hydrogen (secondary N) is 2. The summed E-state index contributed by atoms with van der Waals surface area (Å²) in [5.74, 6) is 2.38. The molecule has 0 atom stereocenters. The number of carbonyl (C=O) groups excluding carboxylic acids is 1. The van der Waals surface area contributed by atoms with Gasteiger partial charge in [-0.2, -0.15) is 0 Å². The Hall–Kier alpha value is -3.07. The predicted octanol–water partition coefficient (Wildman–Crippen LogP) is 2.61. The van der Waals surface area contributed by atoms with Gasteiger partial charge in [0.05, 0.1) is 20.0 Å². The Bertz CT molecular complexity index is 863. The summed E-state index contributed by atoms with van der Waals surface area (Å²) in [6.07, 6.45) is 1.62. The van der Waals surface area contributed by atoms with Crippen LogP contribution in [0.1, 0.15) is 0 Å². The summed E-state index contributed by atoms with van der Waals surface area (Å²) < 4.78 is 10.5. The molecule has 0 spiro atoms. The van der Waals surface area contributed by atoms with Gasteiger partial charge in [0.25, 0.3) is 0 Å². The van der Waals surface area contributed by atoms with E-state index in [0.717, 1.165) is 5.56 Å². The van der Waals surface area contributed by atoms with Gasteiger partial charge in [-0.25, -0.2) is 9.97 Å². The average Bonchev–Trinajstić information content (AvgIpc) is 3.16. The number of pyridine rings is 1. The fraction of sp³-hybridized carbons (Fsp3) is 0.176. The van der Waals surface area contributed by atoms with Gasteiger partial charge in [-0.15, -0.1) is 5.10 Å². The minimum absolute atomic E-state index is 0.176. The topological polar surface area (TPSA) is 102 Å². The number of H-pyrrole nitrogens is 1. The number of nitrogens with zero attached hydrogens (tertiary/aromatic N) is 3. The lowest BCUT2D eigenvalue weighted by Crippen LogP contribution is -2.14. The quantitative estimate of drug-likeness (QED) is 0.616. The lowest BCUT2D eigenvalue weighted by Gasteiger charge is -2.06. The zero-order chi connectivity index (χ0) is 18.4. The number of ether oxygens (including phenoxy) is 2. The van der Waals surface area contributed by atoms with Gasteiger partial charge in [0.15, 0.2) is 5.82 Å². The highest BCUT2D eigenvalue weighted by molar-refractivity contribution is 7.99. The molecule has 2 N–H and O–H groups in total. The Balaban J connectivity index is 1.64. The first-order chi connectivity index (χ1) is 12.7. The number of benzene rings is 1. The summed E-state index contributed by atoms with van der Waals surface area (Å²) in [6, 6.07) is 10.7. The van der Waals surface area contributed by atoms with Crippen LogP contribution in [0.5, 0.6) is 11.5 Å². The molecule has 0 bridgehead atoms. The number of anilines is 1. The molecule has 0 unspecified atom stereocenters. The molecular weight excluding hydrogens is 354 g/mol. The lowest BCUT2D eigenvalue weighted by atomic mass is 10.2. The van der Waals surface area contributed by atoms with Gasteiger partial charge in [0.2, 0.25) is 11.1 Å². The second-order valence-corrected chi connectivity index (χ2v) is 6.06. The van der Waals surface area contributed by atoms with Crippen molar-refractivity contribution in [3.8, 4) is 22.9 Å². The van der Waals surface area contributed by atoms with E-state index in [9.17, 15) is 4.79 Å². The number of hydrogen-bond donors (Lipinski definition) is 2. The molecule has 2 heterocycles. The highest BCUT2D eigenvalue weighted by atomic mass is 32.2. The Labute approximate surface area is 154 Å². The second-order valence-electron chi connectivity index (χ2n) is 5.12. The van der Waals surface area contributed by atoms with Crippen LogP contribution in [0, 0.1) is 0 Å². The van der Waals surface area contributed by atoms with Gasteiger partial charge in [-0.1, -0.05) is 17.8 Å². The predicted molar refractivity (Wildman–Crippen MR) is 98.5 cm³/mol. The van der Waals surface area contributed by atoms with Crippen LogP contribution in [0.3, 0.4) is 0 Å². The maximum Gasteiger partial charge on any atom is 0.236 e. The molecule has 2 aromatic heterocycles. The number of carbonyl (C=O) groups is 1. The molecule has 0 fully saturated rings. The third kappa shape index (κ3) is 4.51. The summed E-state index contributed by atoms with van der Waals surface area (Å²) in [7, 11) is 3.17. The van der Waals surface area contributed by atoms with E-state index in [1.807, 2.05) is 12.1 Å². The Morgan fingerprint density at radius 1 is 1.19 bits per heavy atom. The number of methoxy groups -OCH3 is 2. The first kappa shape index (κ1) is 17.7. The zero-order valence-corrected chi connectivity index (χ0v) is 15.0. The largest absolute Gasteiger partial charge is 0.497 e. The minimum atomic E-state index is -0.178. The maximum atomic E-state index is 12.0. The third-order valence-corrected chi connectivity index (χ3v) is 4.20. The molecule has 3 aromatic rings. The summed E-state index contributed by atoms with van der Waals surface area (Å²) >= 11 is 1.23. The van der Waals surface area contributed by atoms with Crippen LogP contribution in [0.4, 0.5) is 5.82 Å². The van der Waals surface area contributed by atoms with Crippen LogP contribution in [0.2, 0.25) is 0 Å². The molecule has 0 aliphatic rings. The van der Waals surface area contributed by atoms with Gasteiger partial charge >= 0.3 is 0 Å². The molecule has 8 nitrogen and oxygen atoms in total. The number of rotatable bonds is 7. The molecule has 0 radical (unpaired) electrons. The van der Waals surface area contributed by atoms with Crippen LogP contribution >= 0.6 is 11.8 Å². The van der Waals surface area contributed by atoms with Gasteiger partial charge in [-0.05, 0) is 24.3 Å². The summed E-state index contributed by atoms with van der Waals surface area (Å²) in [4.78, 5) is 20.4. The van der Waals surface area contributed by atoms with E-state index in [0.29, 0.717) is 28.3 Å². The minimum Gasteiger partial charge on any atom is -0.497 e. The van der Waals surface area contributed by atoms with Crippen molar-refractivity contribution < 1.29 is 14.3 Å². The number of hydrogen-bond acceptors (Lipinski definition) is 7.